The third kappa shape index (κ3) is 3.49. The van der Waals surface area contributed by atoms with E-state index in [9.17, 15) is 18.4 Å². The van der Waals surface area contributed by atoms with E-state index in [1.807, 2.05) is 0 Å². The number of benzene rings is 1. The van der Waals surface area contributed by atoms with Crippen molar-refractivity contribution in [3.8, 4) is 5.75 Å². The van der Waals surface area contributed by atoms with Gasteiger partial charge in [-0.05, 0) is 32.8 Å². The lowest BCUT2D eigenvalue weighted by atomic mass is 9.94. The lowest BCUT2D eigenvalue weighted by Crippen LogP contribution is -2.49. The van der Waals surface area contributed by atoms with E-state index in [4.69, 9.17) is 4.74 Å². The number of esters is 1. The van der Waals surface area contributed by atoms with Crippen molar-refractivity contribution in [2.24, 2.45) is 0 Å². The van der Waals surface area contributed by atoms with Crippen LogP contribution in [0.1, 0.15) is 38.3 Å². The summed E-state index contributed by atoms with van der Waals surface area (Å²) in [4.78, 5) is 26.7. The molecule has 1 aromatic rings. The van der Waals surface area contributed by atoms with E-state index in [1.54, 1.807) is 36.9 Å². The fraction of sp³-hybridized carbons (Fsp3) is 0.444. The summed E-state index contributed by atoms with van der Waals surface area (Å²) < 4.78 is 35.2. The van der Waals surface area contributed by atoms with Gasteiger partial charge >= 0.3 is 18.6 Å². The number of alkyl halides is 2. The van der Waals surface area contributed by atoms with Crippen LogP contribution in [0.2, 0.25) is 0 Å². The Kier molecular flexibility index (Phi) is 5.11. The molecule has 2 amide bonds. The molecule has 2 aliphatic rings. The van der Waals surface area contributed by atoms with E-state index >= 15 is 0 Å². The van der Waals surface area contributed by atoms with Crippen LogP contribution >= 0.6 is 0 Å². The summed E-state index contributed by atoms with van der Waals surface area (Å²) in [5.41, 5.74) is 0.981. The average Bonchev–Trinajstić information content (AvgIpc) is 3.39. The van der Waals surface area contributed by atoms with E-state index in [0.717, 1.165) is 12.8 Å². The summed E-state index contributed by atoms with van der Waals surface area (Å²) in [5.74, 6) is -0.685. The van der Waals surface area contributed by atoms with Crippen molar-refractivity contribution >= 4 is 12.0 Å². The van der Waals surface area contributed by atoms with E-state index in [-0.39, 0.29) is 35.6 Å². The minimum atomic E-state index is -3.02. The second-order valence-corrected chi connectivity index (χ2v) is 6.12. The Morgan fingerprint density at radius 1 is 1.35 bits per heavy atom. The SMILES string of the molecule is CCOC(=O)C1=C(C)N(C2CC2)C(=O)NC1c1ccccc1OC(F)F. The van der Waals surface area contributed by atoms with Crippen LogP contribution in [0.3, 0.4) is 0 Å². The molecule has 140 valence electrons. The lowest BCUT2D eigenvalue weighted by molar-refractivity contribution is -0.139. The Labute approximate surface area is 149 Å². The van der Waals surface area contributed by atoms with Gasteiger partial charge in [-0.15, -0.1) is 0 Å². The molecule has 1 N–H and O–H groups in total. The van der Waals surface area contributed by atoms with Gasteiger partial charge in [0, 0.05) is 17.3 Å². The van der Waals surface area contributed by atoms with E-state index in [2.05, 4.69) is 10.1 Å². The number of allylic oxidation sites excluding steroid dienone is 1. The monoisotopic (exact) mass is 366 g/mol. The second kappa shape index (κ2) is 7.31. The van der Waals surface area contributed by atoms with E-state index in [0.29, 0.717) is 5.70 Å². The van der Waals surface area contributed by atoms with Gasteiger partial charge < -0.3 is 14.8 Å². The second-order valence-electron chi connectivity index (χ2n) is 6.12. The summed E-state index contributed by atoms with van der Waals surface area (Å²) in [7, 11) is 0. The van der Waals surface area contributed by atoms with Gasteiger partial charge in [0.1, 0.15) is 5.75 Å². The smallest absolute Gasteiger partial charge is 0.387 e. The number of nitrogens with zero attached hydrogens (tertiary/aromatic N) is 1. The average molecular weight is 366 g/mol. The maximum atomic E-state index is 12.8. The maximum absolute atomic E-state index is 12.8. The maximum Gasteiger partial charge on any atom is 0.387 e. The standard InChI is InChI=1S/C18H20F2N2O4/c1-3-25-16(23)14-10(2)22(11-8-9-11)18(24)21-15(14)12-6-4-5-7-13(12)26-17(19)20/h4-7,11,15,17H,3,8-9H2,1-2H3,(H,21,24). The number of ether oxygens (including phenoxy) is 2. The van der Waals surface area contributed by atoms with Crippen molar-refractivity contribution in [1.82, 2.24) is 10.2 Å². The molecule has 26 heavy (non-hydrogen) atoms. The molecule has 1 fully saturated rings. The van der Waals surface area contributed by atoms with Crippen LogP contribution in [-0.4, -0.2) is 36.2 Å². The molecule has 0 radical (unpaired) electrons. The Hall–Kier alpha value is -2.64. The molecule has 1 atom stereocenters. The molecule has 1 aromatic carbocycles. The summed E-state index contributed by atoms with van der Waals surface area (Å²) >= 11 is 0. The number of carbonyl (C=O) groups excluding carboxylic acids is 2. The highest BCUT2D eigenvalue weighted by atomic mass is 19.3. The minimum absolute atomic E-state index is 0.0490. The Bertz CT molecular complexity index is 746. The predicted octanol–water partition coefficient (Wildman–Crippen LogP) is 3.35. The van der Waals surface area contributed by atoms with Crippen molar-refractivity contribution in [3.05, 3.63) is 41.1 Å². The topological polar surface area (TPSA) is 67.9 Å². The zero-order valence-corrected chi connectivity index (χ0v) is 14.5. The van der Waals surface area contributed by atoms with Crippen LogP contribution in [0.25, 0.3) is 0 Å². The Morgan fingerprint density at radius 3 is 2.65 bits per heavy atom. The molecule has 0 saturated heterocycles. The van der Waals surface area contributed by atoms with Gasteiger partial charge in [0.25, 0.3) is 0 Å². The molecule has 1 saturated carbocycles. The third-order valence-corrected chi connectivity index (χ3v) is 4.38. The van der Waals surface area contributed by atoms with Crippen LogP contribution in [-0.2, 0) is 9.53 Å². The minimum Gasteiger partial charge on any atom is -0.463 e. The number of rotatable bonds is 6. The summed E-state index contributed by atoms with van der Waals surface area (Å²) in [6.45, 7) is 0.493. The molecule has 0 spiro atoms. The van der Waals surface area contributed by atoms with Crippen LogP contribution in [0.15, 0.2) is 35.5 Å². The van der Waals surface area contributed by atoms with E-state index in [1.165, 1.54) is 6.07 Å². The van der Waals surface area contributed by atoms with Crippen molar-refractivity contribution in [2.75, 3.05) is 6.61 Å². The molecule has 3 rings (SSSR count). The molecular formula is C18H20F2N2O4. The first kappa shape index (κ1) is 18.2. The summed E-state index contributed by atoms with van der Waals surface area (Å²) in [6, 6.07) is 4.85. The summed E-state index contributed by atoms with van der Waals surface area (Å²) in [5, 5.41) is 2.74. The van der Waals surface area contributed by atoms with E-state index < -0.39 is 18.6 Å². The van der Waals surface area contributed by atoms with Crippen molar-refractivity contribution < 1.29 is 27.8 Å². The van der Waals surface area contributed by atoms with Gasteiger partial charge in [-0.25, -0.2) is 9.59 Å². The fourth-order valence-corrected chi connectivity index (χ4v) is 3.16. The molecule has 8 heteroatoms. The molecule has 1 aliphatic heterocycles. The molecule has 0 bridgehead atoms. The van der Waals surface area contributed by atoms with Gasteiger partial charge in [-0.3, -0.25) is 4.90 Å². The summed E-state index contributed by atoms with van der Waals surface area (Å²) in [6.07, 6.45) is 1.72. The highest BCUT2D eigenvalue weighted by molar-refractivity contribution is 5.95. The number of carbonyl (C=O) groups is 2. The quantitative estimate of drug-likeness (QED) is 0.784. The first-order valence-electron chi connectivity index (χ1n) is 8.45. The van der Waals surface area contributed by atoms with Crippen LogP contribution in [0.4, 0.5) is 13.6 Å². The first-order valence-corrected chi connectivity index (χ1v) is 8.45. The zero-order chi connectivity index (χ0) is 18.8. The lowest BCUT2D eigenvalue weighted by Gasteiger charge is -2.36. The number of para-hydroxylation sites is 1. The first-order chi connectivity index (χ1) is 12.4. The van der Waals surface area contributed by atoms with Gasteiger partial charge in [0.2, 0.25) is 0 Å². The highest BCUT2D eigenvalue weighted by Gasteiger charge is 2.43. The van der Waals surface area contributed by atoms with Crippen LogP contribution in [0.5, 0.6) is 5.75 Å². The molecule has 1 unspecified atom stereocenters. The van der Waals surface area contributed by atoms with Gasteiger partial charge in [-0.1, -0.05) is 18.2 Å². The largest absolute Gasteiger partial charge is 0.463 e. The van der Waals surface area contributed by atoms with Gasteiger partial charge in [0.15, 0.2) is 0 Å². The number of amides is 2. The Morgan fingerprint density at radius 2 is 2.04 bits per heavy atom. The number of hydrogen-bond donors (Lipinski definition) is 1. The highest BCUT2D eigenvalue weighted by Crippen LogP contribution is 2.40. The Balaban J connectivity index is 2.07. The normalized spacial score (nSPS) is 20.3. The van der Waals surface area contributed by atoms with Crippen LogP contribution in [0, 0.1) is 0 Å². The number of nitrogens with one attached hydrogen (secondary N) is 1. The number of urea groups is 1. The zero-order valence-electron chi connectivity index (χ0n) is 14.5. The molecule has 6 nitrogen and oxygen atoms in total. The van der Waals surface area contributed by atoms with Crippen molar-refractivity contribution in [1.29, 1.82) is 0 Å². The third-order valence-electron chi connectivity index (χ3n) is 4.38. The molecule has 0 aromatic heterocycles. The van der Waals surface area contributed by atoms with Crippen LogP contribution < -0.4 is 10.1 Å². The van der Waals surface area contributed by atoms with Gasteiger partial charge in [-0.2, -0.15) is 8.78 Å². The molecule has 1 heterocycles. The van der Waals surface area contributed by atoms with Gasteiger partial charge in [0.05, 0.1) is 18.2 Å². The fourth-order valence-electron chi connectivity index (χ4n) is 3.16. The van der Waals surface area contributed by atoms with Crippen molar-refractivity contribution in [3.63, 3.8) is 0 Å². The molecular weight excluding hydrogens is 346 g/mol. The number of hydrogen-bond acceptors (Lipinski definition) is 4. The van der Waals surface area contributed by atoms with Crippen molar-refractivity contribution in [2.45, 2.75) is 45.4 Å². The predicted molar refractivity (Wildman–Crippen MR) is 88.5 cm³/mol. The number of halogens is 2. The molecule has 1 aliphatic carbocycles.